The molecule has 2 heteroatoms. The summed E-state index contributed by atoms with van der Waals surface area (Å²) >= 11 is 0. The molecule has 0 radical (unpaired) electrons. The van der Waals surface area contributed by atoms with Crippen molar-refractivity contribution in [3.8, 4) is 0 Å². The standard InChI is InChI=1S/C11H28Si2/c1-6-7-10-13(4,5)11-8-9-12(2)3/h12H,6-11H2,1-5H3. The average molecular weight is 217 g/mol. The smallest absolute Gasteiger partial charge is 0.0473 e. The van der Waals surface area contributed by atoms with Gasteiger partial charge < -0.3 is 0 Å². The summed E-state index contributed by atoms with van der Waals surface area (Å²) in [5.41, 5.74) is 0. The van der Waals surface area contributed by atoms with E-state index in [0.29, 0.717) is 0 Å². The summed E-state index contributed by atoms with van der Waals surface area (Å²) in [6.45, 7) is 12.4. The average Bonchev–Trinajstić information content (AvgIpc) is 2.00. The minimum Gasteiger partial charge on any atom is -0.0722 e. The Morgan fingerprint density at radius 2 is 1.54 bits per heavy atom. The van der Waals surface area contributed by atoms with Crippen molar-refractivity contribution in [1.29, 1.82) is 0 Å². The minimum absolute atomic E-state index is 0.265. The van der Waals surface area contributed by atoms with Gasteiger partial charge in [0.1, 0.15) is 0 Å². The molecule has 80 valence electrons. The molecule has 0 aliphatic carbocycles. The van der Waals surface area contributed by atoms with Gasteiger partial charge in [0, 0.05) is 16.9 Å². The van der Waals surface area contributed by atoms with Crippen molar-refractivity contribution < 1.29 is 0 Å². The third-order valence-electron chi connectivity index (χ3n) is 2.84. The molecule has 0 bridgehead atoms. The van der Waals surface area contributed by atoms with Crippen LogP contribution >= 0.6 is 0 Å². The zero-order valence-corrected chi connectivity index (χ0v) is 12.5. The highest BCUT2D eigenvalue weighted by Gasteiger charge is 2.18. The summed E-state index contributed by atoms with van der Waals surface area (Å²) in [5, 5.41) is 0. The summed E-state index contributed by atoms with van der Waals surface area (Å²) < 4.78 is 0. The van der Waals surface area contributed by atoms with Gasteiger partial charge >= 0.3 is 0 Å². The molecule has 13 heavy (non-hydrogen) atoms. The maximum Gasteiger partial charge on any atom is 0.0473 e. The lowest BCUT2D eigenvalue weighted by molar-refractivity contribution is 0.856. The lowest BCUT2D eigenvalue weighted by Gasteiger charge is -2.22. The summed E-state index contributed by atoms with van der Waals surface area (Å²) in [6, 6.07) is 4.71. The molecule has 0 atom stereocenters. The van der Waals surface area contributed by atoms with E-state index in [0.717, 1.165) is 0 Å². The van der Waals surface area contributed by atoms with E-state index in [1.54, 1.807) is 18.1 Å². The van der Waals surface area contributed by atoms with Crippen LogP contribution in [-0.2, 0) is 0 Å². The maximum absolute atomic E-state index is 2.57. The van der Waals surface area contributed by atoms with E-state index in [1.165, 1.54) is 19.3 Å². The van der Waals surface area contributed by atoms with Gasteiger partial charge in [-0.25, -0.2) is 0 Å². The molecule has 0 saturated carbocycles. The fourth-order valence-corrected chi connectivity index (χ4v) is 5.92. The number of hydrogen-bond donors (Lipinski definition) is 0. The summed E-state index contributed by atoms with van der Waals surface area (Å²) in [6.07, 6.45) is 4.39. The molecule has 0 aliphatic heterocycles. The van der Waals surface area contributed by atoms with Gasteiger partial charge in [0.25, 0.3) is 0 Å². The Kier molecular flexibility index (Phi) is 7.05. The van der Waals surface area contributed by atoms with E-state index >= 15 is 0 Å². The van der Waals surface area contributed by atoms with Crippen molar-refractivity contribution in [2.75, 3.05) is 0 Å². The Balaban J connectivity index is 3.50. The Morgan fingerprint density at radius 1 is 1.00 bits per heavy atom. The van der Waals surface area contributed by atoms with Crippen molar-refractivity contribution >= 4 is 16.9 Å². The van der Waals surface area contributed by atoms with Crippen LogP contribution in [0, 0.1) is 0 Å². The van der Waals surface area contributed by atoms with Gasteiger partial charge in [-0.2, -0.15) is 0 Å². The molecule has 0 N–H and O–H groups in total. The largest absolute Gasteiger partial charge is 0.0722 e. The molecule has 0 nitrogen and oxygen atoms in total. The SMILES string of the molecule is CCCC[Si](C)(C)CCC[SiH](C)C. The highest BCUT2D eigenvalue weighted by Crippen LogP contribution is 2.21. The van der Waals surface area contributed by atoms with Crippen LogP contribution < -0.4 is 0 Å². The van der Waals surface area contributed by atoms with Gasteiger partial charge in [0.2, 0.25) is 0 Å². The first kappa shape index (κ1) is 13.4. The van der Waals surface area contributed by atoms with Crippen molar-refractivity contribution in [2.24, 2.45) is 0 Å². The monoisotopic (exact) mass is 216 g/mol. The fourth-order valence-electron chi connectivity index (χ4n) is 1.77. The van der Waals surface area contributed by atoms with Crippen LogP contribution in [0.15, 0.2) is 0 Å². The highest BCUT2D eigenvalue weighted by atomic mass is 28.3. The van der Waals surface area contributed by atoms with Crippen molar-refractivity contribution in [1.82, 2.24) is 0 Å². The molecule has 0 fully saturated rings. The van der Waals surface area contributed by atoms with E-state index in [1.807, 2.05) is 0 Å². The molecular weight excluding hydrogens is 188 g/mol. The van der Waals surface area contributed by atoms with Crippen LogP contribution in [0.3, 0.4) is 0 Å². The first-order valence-corrected chi connectivity index (χ1v) is 12.5. The summed E-state index contributed by atoms with van der Waals surface area (Å²) in [5.74, 6) is 0. The molecule has 0 aromatic rings. The fraction of sp³-hybridized carbons (Fsp3) is 1.00. The van der Waals surface area contributed by atoms with Gasteiger partial charge in [-0.1, -0.05) is 70.5 Å². The number of rotatable bonds is 7. The third kappa shape index (κ3) is 8.76. The van der Waals surface area contributed by atoms with Crippen molar-refractivity contribution in [3.63, 3.8) is 0 Å². The Morgan fingerprint density at radius 3 is 2.00 bits per heavy atom. The molecular formula is C11H28Si2. The molecule has 0 amide bonds. The molecule has 0 aliphatic rings. The van der Waals surface area contributed by atoms with Crippen LogP contribution in [0.5, 0.6) is 0 Å². The van der Waals surface area contributed by atoms with E-state index in [2.05, 4.69) is 33.1 Å². The molecule has 0 heterocycles. The Bertz CT molecular complexity index is 119. The Hall–Kier alpha value is 0.434. The molecule has 0 aromatic heterocycles. The first-order chi connectivity index (χ1) is 5.98. The molecule has 0 rings (SSSR count). The first-order valence-electron chi connectivity index (χ1n) is 5.98. The highest BCUT2D eigenvalue weighted by molar-refractivity contribution is 6.77. The third-order valence-corrected chi connectivity index (χ3v) is 7.82. The van der Waals surface area contributed by atoms with Crippen LogP contribution in [0.25, 0.3) is 0 Å². The van der Waals surface area contributed by atoms with Gasteiger partial charge in [0.15, 0.2) is 0 Å². The van der Waals surface area contributed by atoms with Crippen LogP contribution in [-0.4, -0.2) is 16.9 Å². The van der Waals surface area contributed by atoms with E-state index in [4.69, 9.17) is 0 Å². The van der Waals surface area contributed by atoms with Gasteiger partial charge in [-0.05, 0) is 0 Å². The quantitative estimate of drug-likeness (QED) is 0.554. The van der Waals surface area contributed by atoms with E-state index < -0.39 is 8.07 Å². The predicted molar refractivity (Wildman–Crippen MR) is 70.3 cm³/mol. The van der Waals surface area contributed by atoms with Crippen molar-refractivity contribution in [3.05, 3.63) is 0 Å². The maximum atomic E-state index is 2.57. The van der Waals surface area contributed by atoms with Gasteiger partial charge in [-0.15, -0.1) is 0 Å². The second-order valence-corrected chi connectivity index (χ2v) is 14.2. The lowest BCUT2D eigenvalue weighted by atomic mass is 10.4. The van der Waals surface area contributed by atoms with Crippen LogP contribution in [0.1, 0.15) is 26.2 Å². The normalized spacial score (nSPS) is 12.5. The van der Waals surface area contributed by atoms with Gasteiger partial charge in [0.05, 0.1) is 0 Å². The Labute approximate surface area is 87.7 Å². The zero-order valence-electron chi connectivity index (χ0n) is 10.3. The second kappa shape index (κ2) is 6.82. The number of unbranched alkanes of at least 4 members (excludes halogenated alkanes) is 1. The molecule has 0 saturated heterocycles. The predicted octanol–water partition coefficient (Wildman–Crippen LogP) is 4.37. The van der Waals surface area contributed by atoms with E-state index in [9.17, 15) is 0 Å². The molecule has 0 unspecified atom stereocenters. The topological polar surface area (TPSA) is 0 Å². The van der Waals surface area contributed by atoms with Gasteiger partial charge in [-0.3, -0.25) is 0 Å². The number of hydrogen-bond acceptors (Lipinski definition) is 0. The van der Waals surface area contributed by atoms with Crippen LogP contribution in [0.2, 0.25) is 44.3 Å². The lowest BCUT2D eigenvalue weighted by Crippen LogP contribution is -2.24. The second-order valence-electron chi connectivity index (χ2n) is 5.55. The zero-order chi connectivity index (χ0) is 10.3. The van der Waals surface area contributed by atoms with Crippen molar-refractivity contribution in [2.45, 2.75) is 70.5 Å². The minimum atomic E-state index is -0.769. The van der Waals surface area contributed by atoms with E-state index in [-0.39, 0.29) is 8.80 Å². The van der Waals surface area contributed by atoms with Crippen LogP contribution in [0.4, 0.5) is 0 Å². The summed E-state index contributed by atoms with van der Waals surface area (Å²) in [4.78, 5) is 0. The molecule has 0 spiro atoms. The molecule has 0 aromatic carbocycles. The summed E-state index contributed by atoms with van der Waals surface area (Å²) in [7, 11) is -1.03.